The predicted octanol–water partition coefficient (Wildman–Crippen LogP) is 7.78. The van der Waals surface area contributed by atoms with E-state index in [9.17, 15) is 0 Å². The minimum absolute atomic E-state index is 0.298. The average molecular weight is 399 g/mol. The minimum Gasteiger partial charge on any atom is -0.494 e. The lowest BCUT2D eigenvalue weighted by Crippen LogP contribution is -1.99. The summed E-state index contributed by atoms with van der Waals surface area (Å²) < 4.78 is 5.83. The molecule has 0 bridgehead atoms. The standard InChI is InChI=1S/C27H26OS/c1-2-3-18-28-25-16-14-21(15-17-25)24-19-26(22-10-6-4-7-11-22)29-27(20-24)23-12-8-5-9-13-23/h4-17,19-20,26H,2-3,18H2,1H3. The van der Waals surface area contributed by atoms with Crippen LogP contribution in [0.2, 0.25) is 0 Å². The van der Waals surface area contributed by atoms with Gasteiger partial charge in [0, 0.05) is 4.91 Å². The van der Waals surface area contributed by atoms with Crippen LogP contribution in [0.1, 0.15) is 41.7 Å². The van der Waals surface area contributed by atoms with Gasteiger partial charge >= 0.3 is 0 Å². The zero-order valence-corrected chi connectivity index (χ0v) is 17.6. The van der Waals surface area contributed by atoms with E-state index in [-0.39, 0.29) is 0 Å². The normalized spacial score (nSPS) is 16.1. The van der Waals surface area contributed by atoms with E-state index in [1.807, 2.05) is 11.8 Å². The Morgan fingerprint density at radius 3 is 2.17 bits per heavy atom. The number of benzene rings is 3. The summed E-state index contributed by atoms with van der Waals surface area (Å²) in [4.78, 5) is 1.31. The first kappa shape index (κ1) is 19.6. The molecule has 0 fully saturated rings. The van der Waals surface area contributed by atoms with E-state index in [1.165, 1.54) is 27.2 Å². The monoisotopic (exact) mass is 398 g/mol. The van der Waals surface area contributed by atoms with Crippen molar-refractivity contribution in [3.05, 3.63) is 114 Å². The number of thioether (sulfide) groups is 1. The van der Waals surface area contributed by atoms with Gasteiger partial charge in [-0.25, -0.2) is 0 Å². The quantitative estimate of drug-likeness (QED) is 0.376. The Bertz CT molecular complexity index is 972. The molecule has 2 heteroatoms. The summed E-state index contributed by atoms with van der Waals surface area (Å²) in [5, 5.41) is 0.298. The van der Waals surface area contributed by atoms with Gasteiger partial charge in [0.15, 0.2) is 0 Å². The molecule has 3 aromatic carbocycles. The van der Waals surface area contributed by atoms with Crippen LogP contribution < -0.4 is 4.74 Å². The summed E-state index contributed by atoms with van der Waals surface area (Å²) in [6.45, 7) is 2.96. The minimum atomic E-state index is 0.298. The topological polar surface area (TPSA) is 9.23 Å². The number of hydrogen-bond donors (Lipinski definition) is 0. The maximum Gasteiger partial charge on any atom is 0.119 e. The van der Waals surface area contributed by atoms with E-state index in [4.69, 9.17) is 4.74 Å². The summed E-state index contributed by atoms with van der Waals surface area (Å²) in [7, 11) is 0. The van der Waals surface area contributed by atoms with E-state index < -0.39 is 0 Å². The Balaban J connectivity index is 1.65. The highest BCUT2D eigenvalue weighted by Crippen LogP contribution is 2.47. The van der Waals surface area contributed by atoms with Crippen LogP contribution in [-0.4, -0.2) is 6.61 Å². The van der Waals surface area contributed by atoms with Crippen molar-refractivity contribution in [2.75, 3.05) is 6.61 Å². The molecular weight excluding hydrogens is 372 g/mol. The molecule has 1 heterocycles. The lowest BCUT2D eigenvalue weighted by molar-refractivity contribution is 0.309. The zero-order valence-electron chi connectivity index (χ0n) is 16.8. The number of allylic oxidation sites excluding steroid dienone is 2. The molecule has 1 unspecified atom stereocenters. The van der Waals surface area contributed by atoms with Gasteiger partial charge in [-0.1, -0.05) is 92.2 Å². The Kier molecular flexibility index (Phi) is 6.53. The van der Waals surface area contributed by atoms with Crippen molar-refractivity contribution in [1.29, 1.82) is 0 Å². The molecule has 1 atom stereocenters. The second-order valence-corrected chi connectivity index (χ2v) is 8.36. The van der Waals surface area contributed by atoms with Crippen LogP contribution in [0.3, 0.4) is 0 Å². The van der Waals surface area contributed by atoms with Crippen LogP contribution in [0.5, 0.6) is 5.75 Å². The largest absolute Gasteiger partial charge is 0.494 e. The van der Waals surface area contributed by atoms with Gasteiger partial charge in [-0.05, 0) is 46.9 Å². The van der Waals surface area contributed by atoms with Crippen LogP contribution >= 0.6 is 11.8 Å². The van der Waals surface area contributed by atoms with Gasteiger partial charge < -0.3 is 4.74 Å². The molecule has 29 heavy (non-hydrogen) atoms. The highest BCUT2D eigenvalue weighted by atomic mass is 32.2. The maximum atomic E-state index is 5.83. The van der Waals surface area contributed by atoms with E-state index in [2.05, 4.69) is 104 Å². The van der Waals surface area contributed by atoms with E-state index >= 15 is 0 Å². The van der Waals surface area contributed by atoms with Crippen molar-refractivity contribution < 1.29 is 4.74 Å². The molecule has 0 aromatic heterocycles. The lowest BCUT2D eigenvalue weighted by Gasteiger charge is -2.22. The van der Waals surface area contributed by atoms with Crippen LogP contribution in [0.25, 0.3) is 10.5 Å². The summed E-state index contributed by atoms with van der Waals surface area (Å²) in [6.07, 6.45) is 6.92. The summed E-state index contributed by atoms with van der Waals surface area (Å²) in [5.41, 5.74) is 5.08. The molecule has 3 aromatic rings. The highest BCUT2D eigenvalue weighted by molar-refractivity contribution is 8.08. The molecule has 0 saturated heterocycles. The van der Waals surface area contributed by atoms with Crippen LogP contribution in [-0.2, 0) is 0 Å². The van der Waals surface area contributed by atoms with Gasteiger partial charge in [0.2, 0.25) is 0 Å². The number of ether oxygens (including phenoxy) is 1. The summed E-state index contributed by atoms with van der Waals surface area (Å²) >= 11 is 1.91. The van der Waals surface area contributed by atoms with Crippen molar-refractivity contribution in [2.24, 2.45) is 0 Å². The first-order valence-corrected chi connectivity index (χ1v) is 11.2. The number of rotatable bonds is 7. The van der Waals surface area contributed by atoms with Gasteiger partial charge in [0.1, 0.15) is 5.75 Å². The third-order valence-electron chi connectivity index (χ3n) is 5.01. The Hall–Kier alpha value is -2.71. The number of hydrogen-bond acceptors (Lipinski definition) is 2. The van der Waals surface area contributed by atoms with Gasteiger partial charge in [0.25, 0.3) is 0 Å². The molecule has 146 valence electrons. The van der Waals surface area contributed by atoms with Crippen LogP contribution in [0, 0.1) is 0 Å². The summed E-state index contributed by atoms with van der Waals surface area (Å²) in [6, 6.07) is 29.9. The van der Waals surface area contributed by atoms with Crippen molar-refractivity contribution in [3.8, 4) is 5.75 Å². The van der Waals surface area contributed by atoms with Crippen LogP contribution in [0.15, 0.2) is 97.1 Å². The number of unbranched alkanes of at least 4 members (excludes halogenated alkanes) is 1. The van der Waals surface area contributed by atoms with E-state index in [0.29, 0.717) is 5.25 Å². The Labute approximate surface area is 178 Å². The van der Waals surface area contributed by atoms with Crippen molar-refractivity contribution in [2.45, 2.75) is 25.0 Å². The highest BCUT2D eigenvalue weighted by Gasteiger charge is 2.19. The fourth-order valence-corrected chi connectivity index (χ4v) is 4.62. The van der Waals surface area contributed by atoms with E-state index in [1.54, 1.807) is 0 Å². The molecule has 0 amide bonds. The molecule has 0 radical (unpaired) electrons. The molecule has 1 aliphatic heterocycles. The first-order chi connectivity index (χ1) is 14.3. The molecule has 0 N–H and O–H groups in total. The van der Waals surface area contributed by atoms with E-state index in [0.717, 1.165) is 25.2 Å². The fourth-order valence-electron chi connectivity index (χ4n) is 3.38. The second kappa shape index (κ2) is 9.67. The molecule has 4 rings (SSSR count). The zero-order chi connectivity index (χ0) is 19.9. The summed E-state index contributed by atoms with van der Waals surface area (Å²) in [5.74, 6) is 0.944. The van der Waals surface area contributed by atoms with Gasteiger partial charge in [-0.15, -0.1) is 11.8 Å². The molecule has 1 nitrogen and oxygen atoms in total. The third-order valence-corrected chi connectivity index (χ3v) is 6.28. The Morgan fingerprint density at radius 1 is 0.793 bits per heavy atom. The smallest absolute Gasteiger partial charge is 0.119 e. The van der Waals surface area contributed by atoms with Gasteiger partial charge in [-0.3, -0.25) is 0 Å². The first-order valence-electron chi connectivity index (χ1n) is 10.3. The molecule has 1 aliphatic rings. The van der Waals surface area contributed by atoms with Gasteiger partial charge in [-0.2, -0.15) is 0 Å². The van der Waals surface area contributed by atoms with Crippen molar-refractivity contribution in [1.82, 2.24) is 0 Å². The van der Waals surface area contributed by atoms with Crippen LogP contribution in [0.4, 0.5) is 0 Å². The maximum absolute atomic E-state index is 5.83. The third kappa shape index (κ3) is 5.02. The van der Waals surface area contributed by atoms with Crippen molar-refractivity contribution in [3.63, 3.8) is 0 Å². The van der Waals surface area contributed by atoms with Gasteiger partial charge in [0.05, 0.1) is 11.9 Å². The molecule has 0 spiro atoms. The fraction of sp³-hybridized carbons (Fsp3) is 0.185. The second-order valence-electron chi connectivity index (χ2n) is 7.17. The molecular formula is C27H26OS. The Morgan fingerprint density at radius 2 is 1.48 bits per heavy atom. The molecule has 0 aliphatic carbocycles. The van der Waals surface area contributed by atoms with Crippen molar-refractivity contribution >= 4 is 22.2 Å². The molecule has 0 saturated carbocycles. The SMILES string of the molecule is CCCCOc1ccc(C2=CC(c3ccccc3)SC(c3ccccc3)=C2)cc1. The predicted molar refractivity (Wildman–Crippen MR) is 126 cm³/mol. The lowest BCUT2D eigenvalue weighted by atomic mass is 10.00. The average Bonchev–Trinajstić information content (AvgIpc) is 2.80.